The van der Waals surface area contributed by atoms with E-state index in [-0.39, 0.29) is 11.7 Å². The van der Waals surface area contributed by atoms with Crippen LogP contribution in [0.2, 0.25) is 5.02 Å². The predicted molar refractivity (Wildman–Crippen MR) is 116 cm³/mol. The quantitative estimate of drug-likeness (QED) is 0.310. The van der Waals surface area contributed by atoms with Gasteiger partial charge in [-0.25, -0.2) is 5.84 Å². The number of hydrogen-bond acceptors (Lipinski definition) is 5. The molecule has 0 atom stereocenters. The van der Waals surface area contributed by atoms with E-state index in [1.807, 2.05) is 45.9 Å². The van der Waals surface area contributed by atoms with Gasteiger partial charge in [0.25, 0.3) is 0 Å². The molecule has 0 bridgehead atoms. The summed E-state index contributed by atoms with van der Waals surface area (Å²) in [6.07, 6.45) is 0. The lowest BCUT2D eigenvalue weighted by Gasteiger charge is -2.23. The molecule has 0 fully saturated rings. The molecule has 144 valence electrons. The zero-order chi connectivity index (χ0) is 20.1. The Labute approximate surface area is 168 Å². The largest absolute Gasteiger partial charge is 0.324 e. The Balaban J connectivity index is 2.06. The summed E-state index contributed by atoms with van der Waals surface area (Å²) in [4.78, 5) is 12.3. The third kappa shape index (κ3) is 5.38. The number of amides is 1. The van der Waals surface area contributed by atoms with Crippen LogP contribution in [0.5, 0.6) is 0 Å². The summed E-state index contributed by atoms with van der Waals surface area (Å²) in [6.45, 7) is 7.90. The number of nitrogens with one attached hydrogen (secondary N) is 1. The summed E-state index contributed by atoms with van der Waals surface area (Å²) < 4.78 is 0. The monoisotopic (exact) mass is 405 g/mol. The van der Waals surface area contributed by atoms with Crippen LogP contribution in [0.25, 0.3) is 0 Å². The van der Waals surface area contributed by atoms with Gasteiger partial charge in [0.05, 0.1) is 22.2 Å². The molecular weight excluding hydrogens is 382 g/mol. The number of thioether (sulfide) groups is 1. The van der Waals surface area contributed by atoms with Crippen molar-refractivity contribution in [1.29, 1.82) is 0 Å². The molecule has 0 saturated carbocycles. The number of aryl methyl sites for hydroxylation is 4. The standard InChI is InChI=1S/C19H24ClN5OS/c1-11-5-6-16(15(20)9-11)23-17(26)10-27-19(24-21)25(22)18-13(3)7-12(2)8-14(18)4/h5-9H,10,21-22H2,1-4H3,(H,23,26)/b24-19+. The molecule has 1 amide bonds. The van der Waals surface area contributed by atoms with Crippen molar-refractivity contribution >= 4 is 45.8 Å². The van der Waals surface area contributed by atoms with Crippen molar-refractivity contribution in [2.45, 2.75) is 27.7 Å². The van der Waals surface area contributed by atoms with Crippen LogP contribution in [0, 0.1) is 27.7 Å². The topological polar surface area (TPSA) is 96.7 Å². The lowest BCUT2D eigenvalue weighted by molar-refractivity contribution is -0.113. The van der Waals surface area contributed by atoms with Gasteiger partial charge in [-0.15, -0.1) is 0 Å². The molecule has 0 saturated heterocycles. The first-order chi connectivity index (χ1) is 12.7. The zero-order valence-corrected chi connectivity index (χ0v) is 17.4. The molecule has 8 heteroatoms. The zero-order valence-electron chi connectivity index (χ0n) is 15.8. The van der Waals surface area contributed by atoms with Crippen molar-refractivity contribution in [3.8, 4) is 0 Å². The van der Waals surface area contributed by atoms with Crippen molar-refractivity contribution in [2.24, 2.45) is 16.8 Å². The van der Waals surface area contributed by atoms with Gasteiger partial charge in [-0.1, -0.05) is 47.1 Å². The molecular formula is C19H24ClN5OS. The van der Waals surface area contributed by atoms with E-state index >= 15 is 0 Å². The van der Waals surface area contributed by atoms with E-state index in [0.29, 0.717) is 15.9 Å². The number of halogens is 1. The molecule has 27 heavy (non-hydrogen) atoms. The number of hydrazine groups is 1. The summed E-state index contributed by atoms with van der Waals surface area (Å²) in [5, 5.41) is 8.78. The van der Waals surface area contributed by atoms with Crippen molar-refractivity contribution in [3.05, 3.63) is 57.6 Å². The molecule has 6 nitrogen and oxygen atoms in total. The van der Waals surface area contributed by atoms with Crippen LogP contribution >= 0.6 is 23.4 Å². The molecule has 0 aliphatic heterocycles. The highest BCUT2D eigenvalue weighted by Crippen LogP contribution is 2.27. The van der Waals surface area contributed by atoms with Crippen LogP contribution in [-0.4, -0.2) is 16.8 Å². The van der Waals surface area contributed by atoms with Crippen molar-refractivity contribution in [1.82, 2.24) is 0 Å². The maximum absolute atomic E-state index is 12.3. The SMILES string of the molecule is Cc1cc(C)c(N(N)/C(=N\N)SCC(=O)Nc2ccc(C)cc2Cl)c(C)c1. The average molecular weight is 406 g/mol. The lowest BCUT2D eigenvalue weighted by Crippen LogP contribution is -2.38. The molecule has 0 heterocycles. The van der Waals surface area contributed by atoms with Gasteiger partial charge in [0.2, 0.25) is 11.1 Å². The summed E-state index contributed by atoms with van der Waals surface area (Å²) in [6, 6.07) is 9.51. The van der Waals surface area contributed by atoms with Crippen LogP contribution in [0.3, 0.4) is 0 Å². The fourth-order valence-electron chi connectivity index (χ4n) is 2.85. The number of amidine groups is 1. The number of hydrazone groups is 1. The lowest BCUT2D eigenvalue weighted by atomic mass is 10.1. The molecule has 0 aromatic heterocycles. The van der Waals surface area contributed by atoms with Crippen LogP contribution < -0.4 is 22.0 Å². The van der Waals surface area contributed by atoms with Crippen LogP contribution in [0.15, 0.2) is 35.4 Å². The van der Waals surface area contributed by atoms with E-state index in [0.717, 1.165) is 39.7 Å². The maximum atomic E-state index is 12.3. The van der Waals surface area contributed by atoms with Gasteiger partial charge in [0, 0.05) is 0 Å². The highest BCUT2D eigenvalue weighted by atomic mass is 35.5. The Morgan fingerprint density at radius 2 is 1.78 bits per heavy atom. The molecule has 0 aliphatic rings. The molecule has 0 radical (unpaired) electrons. The summed E-state index contributed by atoms with van der Waals surface area (Å²) in [7, 11) is 0. The molecule has 0 unspecified atom stereocenters. The second-order valence-electron chi connectivity index (χ2n) is 6.35. The van der Waals surface area contributed by atoms with Crippen molar-refractivity contribution in [2.75, 3.05) is 16.1 Å². The minimum Gasteiger partial charge on any atom is -0.324 e. The number of nitrogens with zero attached hydrogens (tertiary/aromatic N) is 2. The first-order valence-corrected chi connectivity index (χ1v) is 9.68. The van der Waals surface area contributed by atoms with E-state index in [4.69, 9.17) is 23.3 Å². The van der Waals surface area contributed by atoms with Crippen molar-refractivity contribution < 1.29 is 4.79 Å². The summed E-state index contributed by atoms with van der Waals surface area (Å²) in [5.41, 5.74) is 5.57. The smallest absolute Gasteiger partial charge is 0.234 e. The molecule has 0 spiro atoms. The molecule has 0 aliphatic carbocycles. The second-order valence-corrected chi connectivity index (χ2v) is 7.70. The Morgan fingerprint density at radius 1 is 1.15 bits per heavy atom. The first kappa shape index (κ1) is 21.1. The Kier molecular flexibility index (Phi) is 7.12. The third-order valence-electron chi connectivity index (χ3n) is 3.92. The minimum absolute atomic E-state index is 0.0951. The van der Waals surface area contributed by atoms with Gasteiger partial charge in [0.15, 0.2) is 0 Å². The van der Waals surface area contributed by atoms with E-state index in [9.17, 15) is 4.79 Å². The Hall–Kier alpha value is -2.22. The van der Waals surface area contributed by atoms with E-state index < -0.39 is 0 Å². The predicted octanol–water partition coefficient (Wildman–Crippen LogP) is 3.86. The number of rotatable bonds is 4. The number of anilines is 2. The van der Waals surface area contributed by atoms with Crippen LogP contribution in [-0.2, 0) is 4.79 Å². The number of nitrogens with two attached hydrogens (primary N) is 2. The van der Waals surface area contributed by atoms with Gasteiger partial charge < -0.3 is 11.2 Å². The highest BCUT2D eigenvalue weighted by molar-refractivity contribution is 8.14. The third-order valence-corrected chi connectivity index (χ3v) is 5.20. The van der Waals surface area contributed by atoms with Gasteiger partial charge in [-0.3, -0.25) is 9.80 Å². The Morgan fingerprint density at radius 3 is 2.33 bits per heavy atom. The Bertz CT molecular complexity index is 861. The highest BCUT2D eigenvalue weighted by Gasteiger charge is 2.17. The summed E-state index contributed by atoms with van der Waals surface area (Å²) in [5.74, 6) is 11.6. The van der Waals surface area contributed by atoms with E-state index in [1.54, 1.807) is 12.1 Å². The van der Waals surface area contributed by atoms with Gasteiger partial charge >= 0.3 is 0 Å². The van der Waals surface area contributed by atoms with E-state index in [2.05, 4.69) is 10.4 Å². The molecule has 2 rings (SSSR count). The number of carbonyl (C=O) groups excluding carboxylic acids is 1. The summed E-state index contributed by atoms with van der Waals surface area (Å²) >= 11 is 7.30. The number of hydrogen-bond donors (Lipinski definition) is 3. The fraction of sp³-hybridized carbons (Fsp3) is 0.263. The van der Waals surface area contributed by atoms with Crippen molar-refractivity contribution in [3.63, 3.8) is 0 Å². The average Bonchev–Trinajstić information content (AvgIpc) is 2.57. The van der Waals surface area contributed by atoms with Gasteiger partial charge in [-0.2, -0.15) is 5.10 Å². The maximum Gasteiger partial charge on any atom is 0.234 e. The first-order valence-electron chi connectivity index (χ1n) is 8.32. The number of carbonyl (C=O) groups is 1. The fourth-order valence-corrected chi connectivity index (χ4v) is 3.77. The van der Waals surface area contributed by atoms with Gasteiger partial charge in [0.1, 0.15) is 0 Å². The normalized spacial score (nSPS) is 11.4. The molecule has 5 N–H and O–H groups in total. The molecule has 2 aromatic rings. The van der Waals surface area contributed by atoms with E-state index in [1.165, 1.54) is 5.01 Å². The van der Waals surface area contributed by atoms with Crippen LogP contribution in [0.1, 0.15) is 22.3 Å². The number of benzene rings is 2. The molecule has 2 aromatic carbocycles. The second kappa shape index (κ2) is 9.12. The van der Waals surface area contributed by atoms with Gasteiger partial charge in [-0.05, 0) is 56.5 Å². The minimum atomic E-state index is -0.224. The van der Waals surface area contributed by atoms with Crippen LogP contribution in [0.4, 0.5) is 11.4 Å².